The first-order valence-corrected chi connectivity index (χ1v) is 5.82. The summed E-state index contributed by atoms with van der Waals surface area (Å²) in [7, 11) is 0. The van der Waals surface area contributed by atoms with Crippen LogP contribution in [0.5, 0.6) is 0 Å². The van der Waals surface area contributed by atoms with Gasteiger partial charge >= 0.3 is 0 Å². The van der Waals surface area contributed by atoms with Gasteiger partial charge in [-0.2, -0.15) is 0 Å². The number of aromatic nitrogens is 2. The predicted octanol–water partition coefficient (Wildman–Crippen LogP) is 2.61. The van der Waals surface area contributed by atoms with Crippen molar-refractivity contribution in [2.75, 3.05) is 5.32 Å². The molecule has 0 amide bonds. The molecule has 1 N–H and O–H groups in total. The summed E-state index contributed by atoms with van der Waals surface area (Å²) in [6.45, 7) is 4.39. The molecule has 98 valence electrons. The molecule has 19 heavy (non-hydrogen) atoms. The summed E-state index contributed by atoms with van der Waals surface area (Å²) in [6, 6.07) is 3.44. The van der Waals surface area contributed by atoms with Crippen molar-refractivity contribution >= 4 is 11.5 Å². The van der Waals surface area contributed by atoms with Gasteiger partial charge in [0.1, 0.15) is 12.0 Å². The lowest BCUT2D eigenvalue weighted by atomic mass is 10.1. The van der Waals surface area contributed by atoms with Gasteiger partial charge in [0.05, 0.1) is 4.92 Å². The summed E-state index contributed by atoms with van der Waals surface area (Å²) in [5, 5.41) is 13.8. The zero-order chi connectivity index (χ0) is 13.8. The van der Waals surface area contributed by atoms with Crippen LogP contribution in [0.1, 0.15) is 16.7 Å². The van der Waals surface area contributed by atoms with Gasteiger partial charge in [-0.3, -0.25) is 15.1 Å². The quantitative estimate of drug-likeness (QED) is 0.673. The van der Waals surface area contributed by atoms with Crippen molar-refractivity contribution in [1.29, 1.82) is 0 Å². The van der Waals surface area contributed by atoms with Crippen LogP contribution in [-0.4, -0.2) is 14.9 Å². The SMILES string of the molecule is Cc1ccncc1CNc1ncc([N+](=O)[O-])cc1C. The molecule has 0 aliphatic rings. The highest BCUT2D eigenvalue weighted by Gasteiger charge is 2.09. The number of nitrogens with zero attached hydrogens (tertiary/aromatic N) is 3. The molecule has 0 saturated carbocycles. The fourth-order valence-electron chi connectivity index (χ4n) is 1.71. The Morgan fingerprint density at radius 3 is 2.74 bits per heavy atom. The zero-order valence-corrected chi connectivity index (χ0v) is 10.8. The minimum Gasteiger partial charge on any atom is -0.366 e. The van der Waals surface area contributed by atoms with Gasteiger partial charge in [-0.15, -0.1) is 0 Å². The van der Waals surface area contributed by atoms with E-state index in [4.69, 9.17) is 0 Å². The minimum atomic E-state index is -0.449. The van der Waals surface area contributed by atoms with Gasteiger partial charge in [0, 0.05) is 25.0 Å². The lowest BCUT2D eigenvalue weighted by Gasteiger charge is -2.09. The van der Waals surface area contributed by atoms with Crippen molar-refractivity contribution in [3.05, 3.63) is 57.5 Å². The molecule has 0 atom stereocenters. The Balaban J connectivity index is 2.12. The van der Waals surface area contributed by atoms with E-state index >= 15 is 0 Å². The molecule has 6 heteroatoms. The number of rotatable bonds is 4. The predicted molar refractivity (Wildman–Crippen MR) is 71.9 cm³/mol. The van der Waals surface area contributed by atoms with E-state index in [0.717, 1.165) is 16.7 Å². The first kappa shape index (κ1) is 12.9. The van der Waals surface area contributed by atoms with Gasteiger partial charge in [-0.05, 0) is 36.6 Å². The number of nitro groups is 1. The first-order valence-electron chi connectivity index (χ1n) is 5.82. The minimum absolute atomic E-state index is 0.000563. The maximum absolute atomic E-state index is 10.6. The Kier molecular flexibility index (Phi) is 3.70. The summed E-state index contributed by atoms with van der Waals surface area (Å²) in [5.74, 6) is 0.647. The highest BCUT2D eigenvalue weighted by atomic mass is 16.6. The molecule has 0 aromatic carbocycles. The summed E-state index contributed by atoms with van der Waals surface area (Å²) in [5.41, 5.74) is 2.96. The molecule has 0 bridgehead atoms. The van der Waals surface area contributed by atoms with E-state index in [1.54, 1.807) is 19.3 Å². The van der Waals surface area contributed by atoms with Crippen molar-refractivity contribution < 1.29 is 4.92 Å². The Bertz CT molecular complexity index is 613. The van der Waals surface area contributed by atoms with Crippen LogP contribution in [0.3, 0.4) is 0 Å². The molecule has 0 aliphatic carbocycles. The molecule has 0 unspecified atom stereocenters. The Hall–Kier alpha value is -2.50. The molecule has 0 spiro atoms. The van der Waals surface area contributed by atoms with E-state index in [0.29, 0.717) is 12.4 Å². The molecular formula is C13H14N4O2. The van der Waals surface area contributed by atoms with Crippen LogP contribution >= 0.6 is 0 Å². The smallest absolute Gasteiger partial charge is 0.287 e. The number of nitrogens with one attached hydrogen (secondary N) is 1. The van der Waals surface area contributed by atoms with Gasteiger partial charge in [-0.25, -0.2) is 4.98 Å². The molecule has 2 aromatic heterocycles. The fourth-order valence-corrected chi connectivity index (χ4v) is 1.71. The Morgan fingerprint density at radius 1 is 1.32 bits per heavy atom. The fraction of sp³-hybridized carbons (Fsp3) is 0.231. The van der Waals surface area contributed by atoms with Crippen molar-refractivity contribution in [2.45, 2.75) is 20.4 Å². The second-order valence-corrected chi connectivity index (χ2v) is 4.27. The molecule has 2 rings (SSSR count). The molecular weight excluding hydrogens is 244 g/mol. The van der Waals surface area contributed by atoms with Crippen LogP contribution < -0.4 is 5.32 Å². The van der Waals surface area contributed by atoms with Crippen LogP contribution in [0.25, 0.3) is 0 Å². The number of anilines is 1. The molecule has 0 saturated heterocycles. The number of aryl methyl sites for hydroxylation is 2. The number of hydrogen-bond acceptors (Lipinski definition) is 5. The third-order valence-corrected chi connectivity index (χ3v) is 2.87. The topological polar surface area (TPSA) is 81.0 Å². The van der Waals surface area contributed by atoms with Gasteiger partial charge in [-0.1, -0.05) is 0 Å². The average Bonchev–Trinajstić information content (AvgIpc) is 2.39. The lowest BCUT2D eigenvalue weighted by molar-refractivity contribution is -0.385. The zero-order valence-electron chi connectivity index (χ0n) is 10.8. The van der Waals surface area contributed by atoms with E-state index in [-0.39, 0.29) is 5.69 Å². The maximum atomic E-state index is 10.6. The molecule has 2 heterocycles. The summed E-state index contributed by atoms with van der Waals surface area (Å²) < 4.78 is 0. The van der Waals surface area contributed by atoms with Gasteiger partial charge in [0.2, 0.25) is 0 Å². The van der Waals surface area contributed by atoms with E-state index in [2.05, 4.69) is 15.3 Å². The second kappa shape index (κ2) is 5.43. The summed E-state index contributed by atoms with van der Waals surface area (Å²) in [4.78, 5) is 18.3. The molecule has 0 radical (unpaired) electrons. The van der Waals surface area contributed by atoms with E-state index < -0.39 is 4.92 Å². The third kappa shape index (κ3) is 3.04. The van der Waals surface area contributed by atoms with Gasteiger partial charge in [0.15, 0.2) is 0 Å². The number of pyridine rings is 2. The highest BCUT2D eigenvalue weighted by Crippen LogP contribution is 2.18. The van der Waals surface area contributed by atoms with Gasteiger partial charge < -0.3 is 5.32 Å². The average molecular weight is 258 g/mol. The third-order valence-electron chi connectivity index (χ3n) is 2.87. The molecule has 0 fully saturated rings. The maximum Gasteiger partial charge on any atom is 0.287 e. The molecule has 6 nitrogen and oxygen atoms in total. The molecule has 0 aliphatic heterocycles. The number of hydrogen-bond donors (Lipinski definition) is 1. The summed E-state index contributed by atoms with van der Waals surface area (Å²) >= 11 is 0. The Morgan fingerprint density at radius 2 is 2.11 bits per heavy atom. The summed E-state index contributed by atoms with van der Waals surface area (Å²) in [6.07, 6.45) is 4.79. The highest BCUT2D eigenvalue weighted by molar-refractivity contribution is 5.48. The van der Waals surface area contributed by atoms with Crippen molar-refractivity contribution in [1.82, 2.24) is 9.97 Å². The standard InChI is InChI=1S/C13H14N4O2/c1-9-3-4-14-6-11(9)7-15-13-10(2)5-12(8-16-13)17(18)19/h3-6,8H,7H2,1-2H3,(H,15,16). The first-order chi connectivity index (χ1) is 9.08. The Labute approximate surface area is 110 Å². The largest absolute Gasteiger partial charge is 0.366 e. The monoisotopic (exact) mass is 258 g/mol. The van der Waals surface area contributed by atoms with Crippen LogP contribution in [0.4, 0.5) is 11.5 Å². The van der Waals surface area contributed by atoms with E-state index in [1.165, 1.54) is 12.3 Å². The molecule has 2 aromatic rings. The van der Waals surface area contributed by atoms with Crippen LogP contribution in [0.2, 0.25) is 0 Å². The van der Waals surface area contributed by atoms with E-state index in [1.807, 2.05) is 13.0 Å². The van der Waals surface area contributed by atoms with Crippen molar-refractivity contribution in [3.8, 4) is 0 Å². The lowest BCUT2D eigenvalue weighted by Crippen LogP contribution is -2.05. The normalized spacial score (nSPS) is 10.2. The van der Waals surface area contributed by atoms with Crippen LogP contribution in [-0.2, 0) is 6.54 Å². The van der Waals surface area contributed by atoms with E-state index in [9.17, 15) is 10.1 Å². The van der Waals surface area contributed by atoms with Crippen LogP contribution in [0, 0.1) is 24.0 Å². The van der Waals surface area contributed by atoms with Crippen molar-refractivity contribution in [2.24, 2.45) is 0 Å². The van der Waals surface area contributed by atoms with Crippen LogP contribution in [0.15, 0.2) is 30.7 Å². The van der Waals surface area contributed by atoms with Gasteiger partial charge in [0.25, 0.3) is 5.69 Å². The second-order valence-electron chi connectivity index (χ2n) is 4.27. The van der Waals surface area contributed by atoms with Crippen molar-refractivity contribution in [3.63, 3.8) is 0 Å².